The standard InChI is InChI=1S/C18H26N4OS/c1-14-10-21(8-9-22(14)13-18(2,3)23)11-15-12-24-17(20-15)16-6-4-5-7-19-16/h4-7,12,14,23H,8-11,13H2,1-3H3. The highest BCUT2D eigenvalue weighted by Gasteiger charge is 2.28. The molecule has 1 N–H and O–H groups in total. The van der Waals surface area contributed by atoms with E-state index in [9.17, 15) is 5.11 Å². The zero-order valence-electron chi connectivity index (χ0n) is 14.6. The van der Waals surface area contributed by atoms with E-state index < -0.39 is 5.60 Å². The average Bonchev–Trinajstić information content (AvgIpc) is 2.98. The van der Waals surface area contributed by atoms with Gasteiger partial charge in [0, 0.05) is 50.3 Å². The second-order valence-corrected chi connectivity index (χ2v) is 8.08. The fourth-order valence-electron chi connectivity index (χ4n) is 3.16. The van der Waals surface area contributed by atoms with E-state index in [2.05, 4.69) is 27.1 Å². The molecule has 1 saturated heterocycles. The van der Waals surface area contributed by atoms with Gasteiger partial charge in [0.05, 0.1) is 17.0 Å². The molecule has 1 aliphatic heterocycles. The Kier molecular flexibility index (Phi) is 5.30. The van der Waals surface area contributed by atoms with Crippen LogP contribution in [0.25, 0.3) is 10.7 Å². The maximum Gasteiger partial charge on any atom is 0.142 e. The molecule has 0 amide bonds. The summed E-state index contributed by atoms with van der Waals surface area (Å²) in [5.41, 5.74) is 1.42. The third kappa shape index (κ3) is 4.60. The van der Waals surface area contributed by atoms with Crippen LogP contribution in [0.15, 0.2) is 29.8 Å². The molecule has 0 aromatic carbocycles. The number of piperazine rings is 1. The fraction of sp³-hybridized carbons (Fsp3) is 0.556. The Morgan fingerprint density at radius 2 is 2.17 bits per heavy atom. The lowest BCUT2D eigenvalue weighted by molar-refractivity contribution is -0.00523. The summed E-state index contributed by atoms with van der Waals surface area (Å²) in [5.74, 6) is 0. The van der Waals surface area contributed by atoms with Crippen LogP contribution in [0.5, 0.6) is 0 Å². The Labute approximate surface area is 148 Å². The quantitative estimate of drug-likeness (QED) is 0.901. The van der Waals surface area contributed by atoms with Gasteiger partial charge < -0.3 is 5.11 Å². The first-order chi connectivity index (χ1) is 11.4. The van der Waals surface area contributed by atoms with Crippen LogP contribution in [-0.4, -0.2) is 62.7 Å². The molecule has 5 nitrogen and oxygen atoms in total. The molecule has 1 aliphatic rings. The first-order valence-corrected chi connectivity index (χ1v) is 9.33. The predicted octanol–water partition coefficient (Wildman–Crippen LogP) is 2.48. The van der Waals surface area contributed by atoms with E-state index in [1.165, 1.54) is 0 Å². The summed E-state index contributed by atoms with van der Waals surface area (Å²) < 4.78 is 0. The smallest absolute Gasteiger partial charge is 0.142 e. The number of hydrogen-bond donors (Lipinski definition) is 1. The number of thiazole rings is 1. The Morgan fingerprint density at radius 3 is 2.83 bits per heavy atom. The Bertz CT molecular complexity index is 653. The lowest BCUT2D eigenvalue weighted by Gasteiger charge is -2.41. The zero-order chi connectivity index (χ0) is 17.2. The summed E-state index contributed by atoms with van der Waals surface area (Å²) in [4.78, 5) is 13.9. The SMILES string of the molecule is CC1CN(Cc2csc(-c3ccccn3)n2)CCN1CC(C)(C)O. The molecule has 2 aromatic rings. The summed E-state index contributed by atoms with van der Waals surface area (Å²) in [6, 6.07) is 6.36. The van der Waals surface area contributed by atoms with Gasteiger partial charge in [0.15, 0.2) is 0 Å². The maximum atomic E-state index is 10.0. The summed E-state index contributed by atoms with van der Waals surface area (Å²) in [6.45, 7) is 10.6. The molecule has 0 bridgehead atoms. The van der Waals surface area contributed by atoms with E-state index in [0.29, 0.717) is 6.04 Å². The van der Waals surface area contributed by atoms with Gasteiger partial charge in [-0.3, -0.25) is 14.8 Å². The zero-order valence-corrected chi connectivity index (χ0v) is 15.5. The van der Waals surface area contributed by atoms with Crippen molar-refractivity contribution in [2.24, 2.45) is 0 Å². The van der Waals surface area contributed by atoms with Gasteiger partial charge in [-0.25, -0.2) is 4.98 Å². The molecule has 0 radical (unpaired) electrons. The van der Waals surface area contributed by atoms with Gasteiger partial charge in [0.2, 0.25) is 0 Å². The first kappa shape index (κ1) is 17.5. The minimum Gasteiger partial charge on any atom is -0.389 e. The third-order valence-corrected chi connectivity index (χ3v) is 5.17. The van der Waals surface area contributed by atoms with Gasteiger partial charge in [-0.2, -0.15) is 0 Å². The largest absolute Gasteiger partial charge is 0.389 e. The molecule has 0 aliphatic carbocycles. The number of rotatable bonds is 5. The molecule has 6 heteroatoms. The average molecular weight is 347 g/mol. The number of aliphatic hydroxyl groups is 1. The van der Waals surface area contributed by atoms with E-state index in [-0.39, 0.29) is 0 Å². The van der Waals surface area contributed by atoms with E-state index in [1.807, 2.05) is 32.0 Å². The van der Waals surface area contributed by atoms with E-state index >= 15 is 0 Å². The molecule has 130 valence electrons. The van der Waals surface area contributed by atoms with Crippen LogP contribution in [0.1, 0.15) is 26.5 Å². The van der Waals surface area contributed by atoms with Crippen molar-refractivity contribution in [3.05, 3.63) is 35.5 Å². The van der Waals surface area contributed by atoms with Gasteiger partial charge in [-0.15, -0.1) is 11.3 Å². The molecule has 0 saturated carbocycles. The van der Waals surface area contributed by atoms with Crippen LogP contribution in [0.2, 0.25) is 0 Å². The van der Waals surface area contributed by atoms with E-state index in [1.54, 1.807) is 17.5 Å². The summed E-state index contributed by atoms with van der Waals surface area (Å²) in [5, 5.41) is 13.2. The number of nitrogens with zero attached hydrogens (tertiary/aromatic N) is 4. The van der Waals surface area contributed by atoms with Crippen molar-refractivity contribution in [3.63, 3.8) is 0 Å². The van der Waals surface area contributed by atoms with Gasteiger partial charge in [0.25, 0.3) is 0 Å². The van der Waals surface area contributed by atoms with Crippen LogP contribution in [-0.2, 0) is 6.54 Å². The Balaban J connectivity index is 1.57. The molecular formula is C18H26N4OS. The van der Waals surface area contributed by atoms with Crippen molar-refractivity contribution in [3.8, 4) is 10.7 Å². The molecule has 3 rings (SSSR count). The Morgan fingerprint density at radius 1 is 1.33 bits per heavy atom. The predicted molar refractivity (Wildman–Crippen MR) is 98.0 cm³/mol. The minimum atomic E-state index is -0.636. The molecule has 2 aromatic heterocycles. The molecular weight excluding hydrogens is 320 g/mol. The van der Waals surface area contributed by atoms with Crippen LogP contribution in [0, 0.1) is 0 Å². The van der Waals surface area contributed by atoms with Crippen LogP contribution in [0.4, 0.5) is 0 Å². The normalized spacial score (nSPS) is 20.4. The van der Waals surface area contributed by atoms with Crippen molar-refractivity contribution < 1.29 is 5.11 Å². The molecule has 3 heterocycles. The number of hydrogen-bond acceptors (Lipinski definition) is 6. The molecule has 0 spiro atoms. The topological polar surface area (TPSA) is 52.5 Å². The summed E-state index contributed by atoms with van der Waals surface area (Å²) in [7, 11) is 0. The van der Waals surface area contributed by atoms with E-state index in [4.69, 9.17) is 4.98 Å². The monoisotopic (exact) mass is 346 g/mol. The summed E-state index contributed by atoms with van der Waals surface area (Å²) in [6.07, 6.45) is 1.81. The molecule has 1 atom stereocenters. The van der Waals surface area contributed by atoms with Crippen molar-refractivity contribution in [1.29, 1.82) is 0 Å². The minimum absolute atomic E-state index is 0.444. The second kappa shape index (κ2) is 7.27. The van der Waals surface area contributed by atoms with Gasteiger partial charge in [-0.1, -0.05) is 6.07 Å². The number of pyridine rings is 1. The van der Waals surface area contributed by atoms with Crippen molar-refractivity contribution in [2.45, 2.75) is 39.0 Å². The van der Waals surface area contributed by atoms with Gasteiger partial charge >= 0.3 is 0 Å². The van der Waals surface area contributed by atoms with Gasteiger partial charge in [0.1, 0.15) is 5.01 Å². The highest BCUT2D eigenvalue weighted by molar-refractivity contribution is 7.13. The molecule has 1 fully saturated rings. The van der Waals surface area contributed by atoms with Crippen LogP contribution >= 0.6 is 11.3 Å². The molecule has 1 unspecified atom stereocenters. The fourth-order valence-corrected chi connectivity index (χ4v) is 3.95. The highest BCUT2D eigenvalue weighted by Crippen LogP contribution is 2.23. The van der Waals surface area contributed by atoms with E-state index in [0.717, 1.165) is 49.1 Å². The number of aromatic nitrogens is 2. The maximum absolute atomic E-state index is 10.0. The van der Waals surface area contributed by atoms with Crippen LogP contribution < -0.4 is 0 Å². The van der Waals surface area contributed by atoms with Crippen LogP contribution in [0.3, 0.4) is 0 Å². The van der Waals surface area contributed by atoms with Gasteiger partial charge in [-0.05, 0) is 32.9 Å². The second-order valence-electron chi connectivity index (χ2n) is 7.23. The van der Waals surface area contributed by atoms with Crippen molar-refractivity contribution in [2.75, 3.05) is 26.2 Å². The first-order valence-electron chi connectivity index (χ1n) is 8.45. The third-order valence-electron chi connectivity index (χ3n) is 4.26. The molecule has 24 heavy (non-hydrogen) atoms. The van der Waals surface area contributed by atoms with Crippen molar-refractivity contribution in [1.82, 2.24) is 19.8 Å². The lowest BCUT2D eigenvalue weighted by Crippen LogP contribution is -2.54. The summed E-state index contributed by atoms with van der Waals surface area (Å²) >= 11 is 1.66. The highest BCUT2D eigenvalue weighted by atomic mass is 32.1. The lowest BCUT2D eigenvalue weighted by atomic mass is 10.1. The number of β-amino-alcohol motifs (C(OH)–C–C–N with tert-alkyl or cyclic N) is 1. The Hall–Kier alpha value is -1.34. The van der Waals surface area contributed by atoms with Crippen molar-refractivity contribution >= 4 is 11.3 Å².